The topological polar surface area (TPSA) is 37.3 Å². The van der Waals surface area contributed by atoms with Gasteiger partial charge in [0, 0.05) is 5.57 Å². The molecule has 0 aromatic heterocycles. The van der Waals surface area contributed by atoms with Crippen LogP contribution in [-0.2, 0) is 4.79 Å². The first kappa shape index (κ1) is 10.4. The van der Waals surface area contributed by atoms with Gasteiger partial charge in [0.05, 0.1) is 0 Å². The third-order valence-corrected chi connectivity index (χ3v) is 5.51. The minimum absolute atomic E-state index is 0.335. The van der Waals surface area contributed by atoms with E-state index in [0.717, 1.165) is 24.2 Å². The molecule has 0 aromatic carbocycles. The van der Waals surface area contributed by atoms with E-state index in [1.54, 1.807) is 0 Å². The summed E-state index contributed by atoms with van der Waals surface area (Å²) in [6.07, 6.45) is 8.74. The fourth-order valence-electron chi connectivity index (χ4n) is 5.01. The molecule has 3 saturated carbocycles. The summed E-state index contributed by atoms with van der Waals surface area (Å²) < 4.78 is 0. The summed E-state index contributed by atoms with van der Waals surface area (Å²) in [7, 11) is 0. The lowest BCUT2D eigenvalue weighted by Gasteiger charge is -2.36. The fraction of sp³-hybridized carbons (Fsp3) is 0.786. The average molecular weight is 220 g/mol. The van der Waals surface area contributed by atoms with Crippen LogP contribution < -0.4 is 0 Å². The molecule has 2 heteroatoms. The van der Waals surface area contributed by atoms with E-state index in [1.165, 1.54) is 38.5 Å². The van der Waals surface area contributed by atoms with E-state index >= 15 is 0 Å². The predicted molar refractivity (Wildman–Crippen MR) is 62.0 cm³/mol. The maximum atomic E-state index is 11.0. The van der Waals surface area contributed by atoms with Gasteiger partial charge >= 0.3 is 5.97 Å². The van der Waals surface area contributed by atoms with Crippen molar-refractivity contribution in [3.63, 3.8) is 0 Å². The Morgan fingerprint density at radius 1 is 1.38 bits per heavy atom. The molecule has 4 atom stereocenters. The van der Waals surface area contributed by atoms with Crippen LogP contribution >= 0.6 is 0 Å². The molecule has 0 aliphatic heterocycles. The van der Waals surface area contributed by atoms with Gasteiger partial charge in [-0.25, -0.2) is 4.79 Å². The Morgan fingerprint density at radius 2 is 2.19 bits per heavy atom. The molecule has 2 bridgehead atoms. The molecule has 3 aliphatic rings. The lowest BCUT2D eigenvalue weighted by molar-refractivity contribution is -0.133. The van der Waals surface area contributed by atoms with Crippen molar-refractivity contribution in [1.82, 2.24) is 0 Å². The normalized spacial score (nSPS) is 44.6. The summed E-state index contributed by atoms with van der Waals surface area (Å²) in [6.45, 7) is 3.74. The molecular formula is C14H20O2. The molecule has 4 unspecified atom stereocenters. The van der Waals surface area contributed by atoms with Crippen LogP contribution in [0.25, 0.3) is 0 Å². The van der Waals surface area contributed by atoms with Gasteiger partial charge in [0.2, 0.25) is 0 Å². The zero-order chi connectivity index (χ0) is 11.3. The third kappa shape index (κ3) is 1.28. The molecule has 88 valence electrons. The Morgan fingerprint density at radius 3 is 2.94 bits per heavy atom. The van der Waals surface area contributed by atoms with Gasteiger partial charge in [-0.2, -0.15) is 0 Å². The minimum Gasteiger partial charge on any atom is -0.478 e. The van der Waals surface area contributed by atoms with Crippen molar-refractivity contribution >= 4 is 5.97 Å². The highest BCUT2D eigenvalue weighted by Crippen LogP contribution is 2.67. The van der Waals surface area contributed by atoms with Crippen molar-refractivity contribution in [3.05, 3.63) is 12.2 Å². The Balaban J connectivity index is 1.82. The number of carboxylic acid groups (broad SMARTS) is 1. The van der Waals surface area contributed by atoms with E-state index in [9.17, 15) is 4.79 Å². The lowest BCUT2D eigenvalue weighted by Crippen LogP contribution is -2.29. The van der Waals surface area contributed by atoms with E-state index < -0.39 is 5.97 Å². The van der Waals surface area contributed by atoms with Gasteiger partial charge in [-0.05, 0) is 61.7 Å². The van der Waals surface area contributed by atoms with Crippen molar-refractivity contribution in [3.8, 4) is 0 Å². The number of carbonyl (C=O) groups is 1. The third-order valence-electron chi connectivity index (χ3n) is 5.51. The Bertz CT molecular complexity index is 347. The van der Waals surface area contributed by atoms with Crippen LogP contribution in [0.1, 0.15) is 44.9 Å². The number of rotatable bonds is 3. The van der Waals surface area contributed by atoms with Crippen LogP contribution in [0.15, 0.2) is 12.2 Å². The molecule has 0 heterocycles. The maximum Gasteiger partial charge on any atom is 0.330 e. The Labute approximate surface area is 96.7 Å². The van der Waals surface area contributed by atoms with Crippen LogP contribution in [0.2, 0.25) is 0 Å². The second kappa shape index (κ2) is 3.35. The zero-order valence-electron chi connectivity index (χ0n) is 9.74. The maximum absolute atomic E-state index is 11.0. The minimum atomic E-state index is -0.792. The summed E-state index contributed by atoms with van der Waals surface area (Å²) in [5.41, 5.74) is 0.773. The van der Waals surface area contributed by atoms with E-state index in [1.807, 2.05) is 0 Å². The summed E-state index contributed by atoms with van der Waals surface area (Å²) >= 11 is 0. The highest BCUT2D eigenvalue weighted by Gasteiger charge is 2.58. The van der Waals surface area contributed by atoms with E-state index in [-0.39, 0.29) is 0 Å². The molecule has 3 aliphatic carbocycles. The molecule has 0 amide bonds. The molecule has 0 saturated heterocycles. The SMILES string of the molecule is C=C(CC12CCC(C1)C1CCCC12)C(=O)O. The predicted octanol–water partition coefficient (Wildman–Crippen LogP) is 3.23. The Kier molecular flexibility index (Phi) is 2.17. The second-order valence-electron chi connectivity index (χ2n) is 6.15. The van der Waals surface area contributed by atoms with Gasteiger partial charge in [0.1, 0.15) is 0 Å². The summed E-state index contributed by atoms with van der Waals surface area (Å²) in [5.74, 6) is 1.87. The van der Waals surface area contributed by atoms with Crippen molar-refractivity contribution in [2.75, 3.05) is 0 Å². The molecule has 3 fully saturated rings. The molecule has 1 N–H and O–H groups in total. The van der Waals surface area contributed by atoms with Crippen LogP contribution in [0, 0.1) is 23.2 Å². The first-order valence-electron chi connectivity index (χ1n) is 6.53. The molecule has 3 rings (SSSR count). The number of aliphatic carboxylic acids is 1. The monoisotopic (exact) mass is 220 g/mol. The molecule has 2 nitrogen and oxygen atoms in total. The lowest BCUT2D eigenvalue weighted by atomic mass is 9.68. The molecule has 16 heavy (non-hydrogen) atoms. The largest absolute Gasteiger partial charge is 0.478 e. The van der Waals surface area contributed by atoms with Crippen molar-refractivity contribution in [2.24, 2.45) is 23.2 Å². The number of fused-ring (bicyclic) bond motifs is 5. The summed E-state index contributed by atoms with van der Waals surface area (Å²) in [5, 5.41) is 9.01. The fourth-order valence-corrected chi connectivity index (χ4v) is 5.01. The number of hydrogen-bond acceptors (Lipinski definition) is 1. The van der Waals surface area contributed by atoms with Crippen molar-refractivity contribution in [1.29, 1.82) is 0 Å². The van der Waals surface area contributed by atoms with Gasteiger partial charge in [-0.3, -0.25) is 0 Å². The van der Waals surface area contributed by atoms with E-state index in [0.29, 0.717) is 11.0 Å². The van der Waals surface area contributed by atoms with Crippen molar-refractivity contribution < 1.29 is 9.90 Å². The van der Waals surface area contributed by atoms with Gasteiger partial charge in [0.25, 0.3) is 0 Å². The average Bonchev–Trinajstić information content (AvgIpc) is 2.87. The van der Waals surface area contributed by atoms with Crippen LogP contribution in [-0.4, -0.2) is 11.1 Å². The Hall–Kier alpha value is -0.790. The number of carboxylic acids is 1. The van der Waals surface area contributed by atoms with Crippen molar-refractivity contribution in [2.45, 2.75) is 44.9 Å². The first-order chi connectivity index (χ1) is 7.62. The summed E-state index contributed by atoms with van der Waals surface area (Å²) in [6, 6.07) is 0. The standard InChI is InChI=1S/C14H20O2/c1-9(13(15)16)7-14-6-5-10(8-14)11-3-2-4-12(11)14/h10-12H,1-8H2,(H,15,16). The van der Waals surface area contributed by atoms with Gasteiger partial charge in [-0.1, -0.05) is 13.0 Å². The van der Waals surface area contributed by atoms with Gasteiger partial charge < -0.3 is 5.11 Å². The van der Waals surface area contributed by atoms with Gasteiger partial charge in [0.15, 0.2) is 0 Å². The second-order valence-corrected chi connectivity index (χ2v) is 6.15. The van der Waals surface area contributed by atoms with Gasteiger partial charge in [-0.15, -0.1) is 0 Å². The molecule has 0 spiro atoms. The zero-order valence-corrected chi connectivity index (χ0v) is 9.74. The van der Waals surface area contributed by atoms with E-state index in [2.05, 4.69) is 6.58 Å². The smallest absolute Gasteiger partial charge is 0.330 e. The highest BCUT2D eigenvalue weighted by molar-refractivity contribution is 5.85. The first-order valence-corrected chi connectivity index (χ1v) is 6.53. The van der Waals surface area contributed by atoms with Crippen LogP contribution in [0.4, 0.5) is 0 Å². The van der Waals surface area contributed by atoms with E-state index in [4.69, 9.17) is 5.11 Å². The highest BCUT2D eigenvalue weighted by atomic mass is 16.4. The molecule has 0 radical (unpaired) electrons. The molecular weight excluding hydrogens is 200 g/mol. The quantitative estimate of drug-likeness (QED) is 0.741. The van der Waals surface area contributed by atoms with Crippen LogP contribution in [0.3, 0.4) is 0 Å². The van der Waals surface area contributed by atoms with Crippen LogP contribution in [0.5, 0.6) is 0 Å². The summed E-state index contributed by atoms with van der Waals surface area (Å²) in [4.78, 5) is 11.0. The number of hydrogen-bond donors (Lipinski definition) is 1. The molecule has 0 aromatic rings.